The third-order valence-corrected chi connectivity index (χ3v) is 2.24. The van der Waals surface area contributed by atoms with Crippen molar-refractivity contribution < 1.29 is 9.90 Å². The van der Waals surface area contributed by atoms with Gasteiger partial charge >= 0.3 is 5.97 Å². The Morgan fingerprint density at radius 3 is 2.55 bits per heavy atom. The van der Waals surface area contributed by atoms with Gasteiger partial charge in [0, 0.05) is 5.57 Å². The first-order valence-corrected chi connectivity index (χ1v) is 4.09. The van der Waals surface area contributed by atoms with Crippen LogP contribution in [0.2, 0.25) is 0 Å². The van der Waals surface area contributed by atoms with Crippen LogP contribution in [-0.2, 0) is 4.79 Å². The standard InChI is InChI=1S/C9H14O2/c1-3-7(9(10)11)5-8-4-6(8)2/h5-6,8H,3-4H2,1-2H3,(H,10,11)/b7-5+. The highest BCUT2D eigenvalue weighted by Crippen LogP contribution is 2.39. The fourth-order valence-corrected chi connectivity index (χ4v) is 1.18. The summed E-state index contributed by atoms with van der Waals surface area (Å²) in [6, 6.07) is 0. The molecule has 1 fully saturated rings. The second-order valence-electron chi connectivity index (χ2n) is 3.23. The molecule has 0 bridgehead atoms. The van der Waals surface area contributed by atoms with Gasteiger partial charge in [-0.3, -0.25) is 0 Å². The van der Waals surface area contributed by atoms with Crippen LogP contribution in [0.4, 0.5) is 0 Å². The predicted octanol–water partition coefficient (Wildman–Crippen LogP) is 2.06. The van der Waals surface area contributed by atoms with Crippen LogP contribution in [0.15, 0.2) is 11.6 Å². The Kier molecular flexibility index (Phi) is 2.32. The number of rotatable bonds is 3. The van der Waals surface area contributed by atoms with Gasteiger partial charge in [-0.2, -0.15) is 0 Å². The summed E-state index contributed by atoms with van der Waals surface area (Å²) in [5.41, 5.74) is 0.569. The third kappa shape index (κ3) is 2.07. The largest absolute Gasteiger partial charge is 0.478 e. The normalized spacial score (nSPS) is 30.2. The van der Waals surface area contributed by atoms with Crippen molar-refractivity contribution in [3.8, 4) is 0 Å². The monoisotopic (exact) mass is 154 g/mol. The molecule has 1 aliphatic rings. The molecular formula is C9H14O2. The van der Waals surface area contributed by atoms with E-state index in [9.17, 15) is 4.79 Å². The molecule has 62 valence electrons. The fourth-order valence-electron chi connectivity index (χ4n) is 1.18. The first-order valence-electron chi connectivity index (χ1n) is 4.09. The van der Waals surface area contributed by atoms with Gasteiger partial charge in [0.15, 0.2) is 0 Å². The smallest absolute Gasteiger partial charge is 0.331 e. The van der Waals surface area contributed by atoms with E-state index < -0.39 is 5.97 Å². The molecule has 1 N–H and O–H groups in total. The van der Waals surface area contributed by atoms with Crippen molar-refractivity contribution in [3.05, 3.63) is 11.6 Å². The van der Waals surface area contributed by atoms with Gasteiger partial charge in [0.1, 0.15) is 0 Å². The molecule has 0 aromatic carbocycles. The Bertz CT molecular complexity index is 194. The summed E-state index contributed by atoms with van der Waals surface area (Å²) >= 11 is 0. The highest BCUT2D eigenvalue weighted by atomic mass is 16.4. The quantitative estimate of drug-likeness (QED) is 0.632. The minimum atomic E-state index is -0.758. The summed E-state index contributed by atoms with van der Waals surface area (Å²) in [7, 11) is 0. The lowest BCUT2D eigenvalue weighted by molar-refractivity contribution is -0.132. The molecule has 2 nitrogen and oxygen atoms in total. The van der Waals surface area contributed by atoms with Gasteiger partial charge in [-0.25, -0.2) is 4.79 Å². The summed E-state index contributed by atoms with van der Waals surface area (Å²) in [4.78, 5) is 10.5. The number of carboxylic acid groups (broad SMARTS) is 1. The van der Waals surface area contributed by atoms with Crippen LogP contribution in [0.5, 0.6) is 0 Å². The Labute approximate surface area is 66.9 Å². The van der Waals surface area contributed by atoms with E-state index in [1.54, 1.807) is 0 Å². The van der Waals surface area contributed by atoms with Crippen LogP contribution >= 0.6 is 0 Å². The zero-order chi connectivity index (χ0) is 8.43. The fraction of sp³-hybridized carbons (Fsp3) is 0.667. The van der Waals surface area contributed by atoms with Crippen molar-refractivity contribution in [1.29, 1.82) is 0 Å². The molecule has 1 rings (SSSR count). The van der Waals surface area contributed by atoms with E-state index in [0.717, 1.165) is 6.42 Å². The second kappa shape index (κ2) is 3.07. The van der Waals surface area contributed by atoms with E-state index in [1.807, 2.05) is 13.0 Å². The minimum absolute atomic E-state index is 0.543. The van der Waals surface area contributed by atoms with Crippen molar-refractivity contribution in [2.45, 2.75) is 26.7 Å². The van der Waals surface area contributed by atoms with E-state index in [4.69, 9.17) is 5.11 Å². The van der Waals surface area contributed by atoms with Gasteiger partial charge in [0.2, 0.25) is 0 Å². The maximum Gasteiger partial charge on any atom is 0.331 e. The number of carbonyl (C=O) groups is 1. The van der Waals surface area contributed by atoms with Crippen LogP contribution in [0.3, 0.4) is 0 Å². The molecule has 0 spiro atoms. The Hall–Kier alpha value is -0.790. The molecule has 0 aromatic rings. The molecular weight excluding hydrogens is 140 g/mol. The minimum Gasteiger partial charge on any atom is -0.478 e. The van der Waals surface area contributed by atoms with E-state index >= 15 is 0 Å². The highest BCUT2D eigenvalue weighted by Gasteiger charge is 2.31. The first kappa shape index (κ1) is 8.31. The Morgan fingerprint density at radius 1 is 1.73 bits per heavy atom. The average molecular weight is 154 g/mol. The average Bonchev–Trinajstić information content (AvgIpc) is 2.61. The Morgan fingerprint density at radius 2 is 2.27 bits per heavy atom. The summed E-state index contributed by atoms with van der Waals surface area (Å²) in [5, 5.41) is 8.67. The molecule has 0 radical (unpaired) electrons. The lowest BCUT2D eigenvalue weighted by Crippen LogP contribution is -1.99. The van der Waals surface area contributed by atoms with E-state index in [1.165, 1.54) is 0 Å². The molecule has 1 saturated carbocycles. The van der Waals surface area contributed by atoms with Crippen molar-refractivity contribution in [3.63, 3.8) is 0 Å². The van der Waals surface area contributed by atoms with E-state index in [0.29, 0.717) is 23.8 Å². The van der Waals surface area contributed by atoms with Crippen molar-refractivity contribution in [1.82, 2.24) is 0 Å². The molecule has 0 heterocycles. The van der Waals surface area contributed by atoms with E-state index in [-0.39, 0.29) is 0 Å². The van der Waals surface area contributed by atoms with Crippen LogP contribution in [0.25, 0.3) is 0 Å². The molecule has 2 atom stereocenters. The van der Waals surface area contributed by atoms with Gasteiger partial charge in [0.25, 0.3) is 0 Å². The number of hydrogen-bond donors (Lipinski definition) is 1. The topological polar surface area (TPSA) is 37.3 Å². The summed E-state index contributed by atoms with van der Waals surface area (Å²) in [6.45, 7) is 4.03. The SMILES string of the molecule is CC/C(=C\C1CC1C)C(=O)O. The molecule has 0 aromatic heterocycles. The molecule has 0 saturated heterocycles. The second-order valence-corrected chi connectivity index (χ2v) is 3.23. The van der Waals surface area contributed by atoms with Gasteiger partial charge in [-0.05, 0) is 24.7 Å². The van der Waals surface area contributed by atoms with Gasteiger partial charge in [-0.1, -0.05) is 19.9 Å². The lowest BCUT2D eigenvalue weighted by Gasteiger charge is -1.95. The molecule has 0 aliphatic heterocycles. The zero-order valence-corrected chi connectivity index (χ0v) is 7.00. The lowest BCUT2D eigenvalue weighted by atomic mass is 10.1. The summed E-state index contributed by atoms with van der Waals surface area (Å²) < 4.78 is 0. The number of hydrogen-bond acceptors (Lipinski definition) is 1. The van der Waals surface area contributed by atoms with Crippen LogP contribution in [-0.4, -0.2) is 11.1 Å². The third-order valence-electron chi connectivity index (χ3n) is 2.24. The first-order chi connectivity index (χ1) is 5.15. The molecule has 11 heavy (non-hydrogen) atoms. The predicted molar refractivity (Wildman–Crippen MR) is 43.3 cm³/mol. The van der Waals surface area contributed by atoms with Crippen molar-refractivity contribution >= 4 is 5.97 Å². The molecule has 0 amide bonds. The zero-order valence-electron chi connectivity index (χ0n) is 7.00. The van der Waals surface area contributed by atoms with Gasteiger partial charge in [-0.15, -0.1) is 0 Å². The van der Waals surface area contributed by atoms with Crippen molar-refractivity contribution in [2.24, 2.45) is 11.8 Å². The van der Waals surface area contributed by atoms with Crippen LogP contribution in [0.1, 0.15) is 26.7 Å². The highest BCUT2D eigenvalue weighted by molar-refractivity contribution is 5.86. The summed E-state index contributed by atoms with van der Waals surface area (Å²) in [6.07, 6.45) is 3.71. The number of allylic oxidation sites excluding steroid dienone is 1. The maximum atomic E-state index is 10.5. The van der Waals surface area contributed by atoms with Crippen LogP contribution in [0, 0.1) is 11.8 Å². The molecule has 2 unspecified atom stereocenters. The van der Waals surface area contributed by atoms with Gasteiger partial charge < -0.3 is 5.11 Å². The number of aliphatic carboxylic acids is 1. The Balaban J connectivity index is 2.54. The molecule has 2 heteroatoms. The molecule has 1 aliphatic carbocycles. The van der Waals surface area contributed by atoms with Crippen LogP contribution < -0.4 is 0 Å². The van der Waals surface area contributed by atoms with Crippen molar-refractivity contribution in [2.75, 3.05) is 0 Å². The van der Waals surface area contributed by atoms with Gasteiger partial charge in [0.05, 0.1) is 0 Å². The summed E-state index contributed by atoms with van der Waals surface area (Å²) in [5.74, 6) is 0.489. The maximum absolute atomic E-state index is 10.5. The number of carboxylic acids is 1. The van der Waals surface area contributed by atoms with E-state index in [2.05, 4.69) is 6.92 Å².